The summed E-state index contributed by atoms with van der Waals surface area (Å²) in [6.07, 6.45) is 2.40. The quantitative estimate of drug-likeness (QED) is 0.772. The van der Waals surface area contributed by atoms with Crippen LogP contribution in [0.3, 0.4) is 0 Å². The summed E-state index contributed by atoms with van der Waals surface area (Å²) in [5.74, 6) is 0.505. The van der Waals surface area contributed by atoms with E-state index in [9.17, 15) is 4.79 Å². The van der Waals surface area contributed by atoms with Gasteiger partial charge in [-0.3, -0.25) is 4.79 Å². The third kappa shape index (κ3) is 2.30. The minimum absolute atomic E-state index is 0.0641. The summed E-state index contributed by atoms with van der Waals surface area (Å²) in [5, 5.41) is 7.26. The van der Waals surface area contributed by atoms with Crippen LogP contribution in [0, 0.1) is 0 Å². The molecule has 0 spiro atoms. The van der Waals surface area contributed by atoms with E-state index in [1.807, 2.05) is 0 Å². The standard InChI is InChI=1S/C13H20N4OS/c1-15-12(18)11-10(14)9(8-2-3-8)13(19-11)17-6-4-16-5-7-17/h8,16H,2-7,14H2,1H3,(H,15,18). The molecular formula is C13H20N4OS. The second-order valence-corrected chi connectivity index (χ2v) is 6.15. The maximum absolute atomic E-state index is 11.9. The first-order valence-electron chi connectivity index (χ1n) is 6.82. The van der Waals surface area contributed by atoms with Gasteiger partial charge in [0, 0.05) is 38.8 Å². The first kappa shape index (κ1) is 12.7. The third-order valence-corrected chi connectivity index (χ3v) is 5.07. The molecule has 0 atom stereocenters. The van der Waals surface area contributed by atoms with E-state index in [-0.39, 0.29) is 5.91 Å². The molecule has 1 saturated carbocycles. The molecule has 5 nitrogen and oxygen atoms in total. The Morgan fingerprint density at radius 1 is 1.42 bits per heavy atom. The van der Waals surface area contributed by atoms with Crippen molar-refractivity contribution >= 4 is 27.9 Å². The number of hydrogen-bond donors (Lipinski definition) is 3. The first-order valence-corrected chi connectivity index (χ1v) is 7.64. The average molecular weight is 280 g/mol. The van der Waals surface area contributed by atoms with Crippen molar-refractivity contribution in [2.75, 3.05) is 43.9 Å². The molecule has 2 heterocycles. The number of piperazine rings is 1. The molecule has 4 N–H and O–H groups in total. The lowest BCUT2D eigenvalue weighted by Gasteiger charge is -2.29. The number of carbonyl (C=O) groups excluding carboxylic acids is 1. The Morgan fingerprint density at radius 3 is 2.68 bits per heavy atom. The molecule has 2 fully saturated rings. The van der Waals surface area contributed by atoms with Crippen molar-refractivity contribution in [1.29, 1.82) is 0 Å². The summed E-state index contributed by atoms with van der Waals surface area (Å²) < 4.78 is 0. The third-order valence-electron chi connectivity index (χ3n) is 3.79. The fourth-order valence-electron chi connectivity index (χ4n) is 2.60. The highest BCUT2D eigenvalue weighted by Gasteiger charge is 2.34. The second-order valence-electron chi connectivity index (χ2n) is 5.15. The van der Waals surface area contributed by atoms with Crippen LogP contribution in [0.15, 0.2) is 0 Å². The monoisotopic (exact) mass is 280 g/mol. The van der Waals surface area contributed by atoms with Crippen molar-refractivity contribution in [2.45, 2.75) is 18.8 Å². The normalized spacial score (nSPS) is 19.5. The molecular weight excluding hydrogens is 260 g/mol. The molecule has 1 amide bonds. The van der Waals surface area contributed by atoms with Crippen LogP contribution in [0.25, 0.3) is 0 Å². The van der Waals surface area contributed by atoms with Crippen molar-refractivity contribution in [3.05, 3.63) is 10.4 Å². The van der Waals surface area contributed by atoms with Gasteiger partial charge in [-0.25, -0.2) is 0 Å². The molecule has 0 aromatic carbocycles. The topological polar surface area (TPSA) is 70.4 Å². The van der Waals surface area contributed by atoms with E-state index in [2.05, 4.69) is 15.5 Å². The van der Waals surface area contributed by atoms with Gasteiger partial charge in [0.2, 0.25) is 0 Å². The molecule has 3 rings (SSSR count). The lowest BCUT2D eigenvalue weighted by molar-refractivity contribution is 0.0968. The highest BCUT2D eigenvalue weighted by Crippen LogP contribution is 2.51. The summed E-state index contributed by atoms with van der Waals surface area (Å²) in [5.41, 5.74) is 8.17. The van der Waals surface area contributed by atoms with Crippen molar-refractivity contribution < 1.29 is 4.79 Å². The van der Waals surface area contributed by atoms with E-state index in [1.165, 1.54) is 23.4 Å². The summed E-state index contributed by atoms with van der Waals surface area (Å²) in [6, 6.07) is 0. The summed E-state index contributed by atoms with van der Waals surface area (Å²) in [7, 11) is 1.66. The zero-order valence-corrected chi connectivity index (χ0v) is 12.0. The number of nitrogen functional groups attached to an aromatic ring is 1. The molecule has 2 aliphatic rings. The maximum atomic E-state index is 11.9. The molecule has 0 unspecified atom stereocenters. The van der Waals surface area contributed by atoms with Crippen LogP contribution in [0.2, 0.25) is 0 Å². The highest BCUT2D eigenvalue weighted by atomic mass is 32.1. The van der Waals surface area contributed by atoms with Crippen molar-refractivity contribution in [3.63, 3.8) is 0 Å². The average Bonchev–Trinajstić information content (AvgIpc) is 3.22. The Labute approximate surface area is 117 Å². The number of amides is 1. The fourth-order valence-corrected chi connectivity index (χ4v) is 3.90. The van der Waals surface area contributed by atoms with Gasteiger partial charge in [-0.2, -0.15) is 0 Å². The highest BCUT2D eigenvalue weighted by molar-refractivity contribution is 7.18. The summed E-state index contributed by atoms with van der Waals surface area (Å²) in [4.78, 5) is 15.0. The number of nitrogens with two attached hydrogens (primary N) is 1. The second kappa shape index (κ2) is 5.02. The van der Waals surface area contributed by atoms with Crippen LogP contribution in [0.1, 0.15) is 34.0 Å². The predicted molar refractivity (Wildman–Crippen MR) is 79.2 cm³/mol. The maximum Gasteiger partial charge on any atom is 0.263 e. The van der Waals surface area contributed by atoms with Gasteiger partial charge in [-0.1, -0.05) is 0 Å². The molecule has 104 valence electrons. The minimum atomic E-state index is -0.0641. The zero-order valence-electron chi connectivity index (χ0n) is 11.2. The number of thiophene rings is 1. The van der Waals surface area contributed by atoms with Gasteiger partial charge in [0.15, 0.2) is 0 Å². The lowest BCUT2D eigenvalue weighted by atomic mass is 10.1. The summed E-state index contributed by atoms with van der Waals surface area (Å²) in [6.45, 7) is 3.98. The molecule has 1 aromatic heterocycles. The van der Waals surface area contributed by atoms with Gasteiger partial charge in [0.1, 0.15) is 4.88 Å². The predicted octanol–water partition coefficient (Wildman–Crippen LogP) is 0.977. The number of rotatable bonds is 3. The van der Waals surface area contributed by atoms with E-state index >= 15 is 0 Å². The van der Waals surface area contributed by atoms with Crippen LogP contribution >= 0.6 is 11.3 Å². The van der Waals surface area contributed by atoms with E-state index < -0.39 is 0 Å². The Balaban J connectivity index is 1.99. The Morgan fingerprint density at radius 2 is 2.11 bits per heavy atom. The molecule has 1 aromatic rings. The fraction of sp³-hybridized carbons (Fsp3) is 0.615. The van der Waals surface area contributed by atoms with Crippen LogP contribution in [-0.4, -0.2) is 39.1 Å². The van der Waals surface area contributed by atoms with Crippen LogP contribution in [0.5, 0.6) is 0 Å². The summed E-state index contributed by atoms with van der Waals surface area (Å²) >= 11 is 1.55. The lowest BCUT2D eigenvalue weighted by Crippen LogP contribution is -2.43. The van der Waals surface area contributed by atoms with E-state index in [4.69, 9.17) is 5.73 Å². The Kier molecular flexibility index (Phi) is 3.36. The number of carbonyl (C=O) groups is 1. The van der Waals surface area contributed by atoms with Gasteiger partial charge in [-0.15, -0.1) is 11.3 Å². The molecule has 1 aliphatic heterocycles. The van der Waals surface area contributed by atoms with Gasteiger partial charge < -0.3 is 21.3 Å². The molecule has 0 bridgehead atoms. The number of hydrogen-bond acceptors (Lipinski definition) is 5. The van der Waals surface area contributed by atoms with Crippen LogP contribution in [0.4, 0.5) is 10.7 Å². The van der Waals surface area contributed by atoms with Crippen molar-refractivity contribution in [2.24, 2.45) is 0 Å². The van der Waals surface area contributed by atoms with E-state index in [0.29, 0.717) is 16.5 Å². The van der Waals surface area contributed by atoms with Gasteiger partial charge in [0.25, 0.3) is 5.91 Å². The molecule has 19 heavy (non-hydrogen) atoms. The molecule has 1 saturated heterocycles. The van der Waals surface area contributed by atoms with E-state index in [1.54, 1.807) is 18.4 Å². The number of nitrogens with one attached hydrogen (secondary N) is 2. The zero-order chi connectivity index (χ0) is 13.4. The minimum Gasteiger partial charge on any atom is -0.397 e. The van der Waals surface area contributed by atoms with Crippen LogP contribution in [-0.2, 0) is 0 Å². The largest absolute Gasteiger partial charge is 0.397 e. The van der Waals surface area contributed by atoms with Crippen LogP contribution < -0.4 is 21.3 Å². The van der Waals surface area contributed by atoms with Gasteiger partial charge in [0.05, 0.1) is 10.7 Å². The van der Waals surface area contributed by atoms with Crippen molar-refractivity contribution in [1.82, 2.24) is 10.6 Å². The Hall–Kier alpha value is -1.27. The first-order chi connectivity index (χ1) is 9.22. The number of anilines is 2. The SMILES string of the molecule is CNC(=O)c1sc(N2CCNCC2)c(C2CC2)c1N. The smallest absolute Gasteiger partial charge is 0.263 e. The molecule has 0 radical (unpaired) electrons. The Bertz CT molecular complexity index is 489. The van der Waals surface area contributed by atoms with Crippen molar-refractivity contribution in [3.8, 4) is 0 Å². The molecule has 6 heteroatoms. The van der Waals surface area contributed by atoms with Gasteiger partial charge in [-0.05, 0) is 18.8 Å². The van der Waals surface area contributed by atoms with Gasteiger partial charge >= 0.3 is 0 Å². The van der Waals surface area contributed by atoms with E-state index in [0.717, 1.165) is 26.2 Å². The number of nitrogens with zero attached hydrogens (tertiary/aromatic N) is 1. The molecule has 1 aliphatic carbocycles.